The number of hydrogen-bond acceptors (Lipinski definition) is 4. The Morgan fingerprint density at radius 2 is 1.77 bits per heavy atom. The normalized spacial score (nSPS) is 14.5. The van der Waals surface area contributed by atoms with E-state index in [1.54, 1.807) is 30.3 Å². The molecule has 0 atom stereocenters. The number of ether oxygens (including phenoxy) is 1. The lowest BCUT2D eigenvalue weighted by Gasteiger charge is -2.37. The number of phenolic OH excluding ortho intramolecular Hbond substituents is 1. The first-order chi connectivity index (χ1) is 14.1. The van der Waals surface area contributed by atoms with E-state index in [1.165, 1.54) is 6.07 Å². The fourth-order valence-corrected chi connectivity index (χ4v) is 3.32. The van der Waals surface area contributed by atoms with Crippen molar-refractivity contribution in [3.8, 4) is 11.5 Å². The number of nitrogens with one attached hydrogen (secondary N) is 1. The van der Waals surface area contributed by atoms with Crippen LogP contribution in [0.25, 0.3) is 0 Å². The molecule has 1 aliphatic heterocycles. The van der Waals surface area contributed by atoms with Crippen LogP contribution in [0, 0.1) is 0 Å². The van der Waals surface area contributed by atoms with E-state index in [4.69, 9.17) is 0 Å². The number of aromatic hydroxyl groups is 1. The summed E-state index contributed by atoms with van der Waals surface area (Å²) in [5, 5.41) is 13.3. The molecule has 0 saturated carbocycles. The molecule has 0 unspecified atom stereocenters. The number of hydrogen-bond donors (Lipinski definition) is 2. The SMILES string of the molecule is CCNC(=NCc1ccccc1OC(F)F)N1CCN(c2ccccc2O)CC1.I. The highest BCUT2D eigenvalue weighted by molar-refractivity contribution is 14.0. The standard InChI is InChI=1S/C21H26F2N4O2.HI/c1-2-24-21(25-15-16-7-3-6-10-19(16)29-20(22)23)27-13-11-26(12-14-27)17-8-4-5-9-18(17)28;/h3-10,20,28H,2,11-15H2,1H3,(H,24,25);1H. The summed E-state index contributed by atoms with van der Waals surface area (Å²) in [6.45, 7) is 3.02. The van der Waals surface area contributed by atoms with Crippen LogP contribution in [0.15, 0.2) is 53.5 Å². The van der Waals surface area contributed by atoms with Gasteiger partial charge in [-0.2, -0.15) is 8.78 Å². The van der Waals surface area contributed by atoms with Gasteiger partial charge in [-0.05, 0) is 25.1 Å². The Morgan fingerprint density at radius 1 is 1.10 bits per heavy atom. The van der Waals surface area contributed by atoms with Gasteiger partial charge in [-0.25, -0.2) is 4.99 Å². The van der Waals surface area contributed by atoms with Crippen LogP contribution in [0.3, 0.4) is 0 Å². The van der Waals surface area contributed by atoms with E-state index < -0.39 is 6.61 Å². The molecule has 1 heterocycles. The Balaban J connectivity index is 0.00000320. The highest BCUT2D eigenvalue weighted by Crippen LogP contribution is 2.27. The number of rotatable bonds is 6. The molecule has 1 saturated heterocycles. The van der Waals surface area contributed by atoms with Crippen LogP contribution in [0.2, 0.25) is 0 Å². The van der Waals surface area contributed by atoms with E-state index in [0.717, 1.165) is 37.8 Å². The third-order valence-electron chi connectivity index (χ3n) is 4.72. The molecule has 6 nitrogen and oxygen atoms in total. The van der Waals surface area contributed by atoms with Gasteiger partial charge in [-0.15, -0.1) is 24.0 Å². The topological polar surface area (TPSA) is 60.3 Å². The monoisotopic (exact) mass is 532 g/mol. The van der Waals surface area contributed by atoms with Gasteiger partial charge < -0.3 is 25.0 Å². The number of halogens is 3. The Kier molecular flexibility index (Phi) is 9.41. The van der Waals surface area contributed by atoms with Crippen LogP contribution in [0.1, 0.15) is 12.5 Å². The first-order valence-corrected chi connectivity index (χ1v) is 9.67. The number of nitrogens with zero attached hydrogens (tertiary/aromatic N) is 3. The molecule has 3 rings (SSSR count). The van der Waals surface area contributed by atoms with Crippen LogP contribution < -0.4 is 15.0 Å². The fraction of sp³-hybridized carbons (Fsp3) is 0.381. The molecule has 9 heteroatoms. The minimum absolute atomic E-state index is 0. The number of alkyl halides is 2. The Labute approximate surface area is 192 Å². The summed E-state index contributed by atoms with van der Waals surface area (Å²) in [5.41, 5.74) is 1.43. The summed E-state index contributed by atoms with van der Waals surface area (Å²) in [6.07, 6.45) is 0. The maximum Gasteiger partial charge on any atom is 0.387 e. The molecule has 164 valence electrons. The van der Waals surface area contributed by atoms with Crippen molar-refractivity contribution in [2.75, 3.05) is 37.6 Å². The van der Waals surface area contributed by atoms with Gasteiger partial charge in [0.1, 0.15) is 11.5 Å². The van der Waals surface area contributed by atoms with Gasteiger partial charge >= 0.3 is 6.61 Å². The van der Waals surface area contributed by atoms with Gasteiger partial charge in [0.05, 0.1) is 12.2 Å². The molecule has 0 spiro atoms. The number of para-hydroxylation sites is 3. The lowest BCUT2D eigenvalue weighted by atomic mass is 10.2. The van der Waals surface area contributed by atoms with Crippen molar-refractivity contribution in [1.82, 2.24) is 10.2 Å². The lowest BCUT2D eigenvalue weighted by molar-refractivity contribution is -0.0504. The average molecular weight is 532 g/mol. The predicted octanol–water partition coefficient (Wildman–Crippen LogP) is 3.90. The van der Waals surface area contributed by atoms with Crippen LogP contribution >= 0.6 is 24.0 Å². The highest BCUT2D eigenvalue weighted by atomic mass is 127. The number of guanidine groups is 1. The number of aliphatic imine (C=N–C) groups is 1. The molecule has 0 bridgehead atoms. The molecular weight excluding hydrogens is 505 g/mol. The van der Waals surface area contributed by atoms with Gasteiger partial charge in [0, 0.05) is 38.3 Å². The van der Waals surface area contributed by atoms with Crippen molar-refractivity contribution in [3.63, 3.8) is 0 Å². The first kappa shape index (κ1) is 24.0. The second-order valence-corrected chi connectivity index (χ2v) is 6.62. The van der Waals surface area contributed by atoms with E-state index >= 15 is 0 Å². The van der Waals surface area contributed by atoms with E-state index in [9.17, 15) is 13.9 Å². The highest BCUT2D eigenvalue weighted by Gasteiger charge is 2.21. The van der Waals surface area contributed by atoms with Crippen molar-refractivity contribution in [3.05, 3.63) is 54.1 Å². The number of piperazine rings is 1. The second kappa shape index (κ2) is 11.8. The molecule has 0 radical (unpaired) electrons. The van der Waals surface area contributed by atoms with E-state index in [-0.39, 0.29) is 42.0 Å². The molecule has 0 aromatic heterocycles. The van der Waals surface area contributed by atoms with Crippen LogP contribution in [0.4, 0.5) is 14.5 Å². The number of phenols is 1. The summed E-state index contributed by atoms with van der Waals surface area (Å²) in [7, 11) is 0. The summed E-state index contributed by atoms with van der Waals surface area (Å²) in [5.74, 6) is 1.15. The molecule has 1 aliphatic rings. The molecule has 0 amide bonds. The van der Waals surface area contributed by atoms with Crippen LogP contribution in [-0.2, 0) is 6.54 Å². The van der Waals surface area contributed by atoms with E-state index in [0.29, 0.717) is 12.1 Å². The van der Waals surface area contributed by atoms with Crippen molar-refractivity contribution >= 4 is 35.6 Å². The lowest BCUT2D eigenvalue weighted by Crippen LogP contribution is -2.52. The zero-order valence-corrected chi connectivity index (χ0v) is 19.1. The van der Waals surface area contributed by atoms with Crippen LogP contribution in [0.5, 0.6) is 11.5 Å². The van der Waals surface area contributed by atoms with E-state index in [2.05, 4.69) is 24.8 Å². The van der Waals surface area contributed by atoms with Gasteiger partial charge in [-0.1, -0.05) is 30.3 Å². The molecular formula is C21H27F2IN4O2. The molecule has 2 aromatic carbocycles. The predicted molar refractivity (Wildman–Crippen MR) is 125 cm³/mol. The summed E-state index contributed by atoms with van der Waals surface area (Å²) in [4.78, 5) is 8.90. The Morgan fingerprint density at radius 3 is 2.43 bits per heavy atom. The quantitative estimate of drug-likeness (QED) is 0.336. The number of anilines is 1. The molecule has 2 aromatic rings. The largest absolute Gasteiger partial charge is 0.506 e. The van der Waals surface area contributed by atoms with E-state index in [1.807, 2.05) is 19.1 Å². The fourth-order valence-electron chi connectivity index (χ4n) is 3.32. The zero-order chi connectivity index (χ0) is 20.6. The molecule has 30 heavy (non-hydrogen) atoms. The minimum atomic E-state index is -2.86. The third kappa shape index (κ3) is 6.35. The van der Waals surface area contributed by atoms with Gasteiger partial charge in [0.15, 0.2) is 5.96 Å². The summed E-state index contributed by atoms with van der Waals surface area (Å²) >= 11 is 0. The number of benzene rings is 2. The van der Waals surface area contributed by atoms with Crippen molar-refractivity contribution in [2.45, 2.75) is 20.1 Å². The average Bonchev–Trinajstić information content (AvgIpc) is 2.72. The Bertz CT molecular complexity index is 830. The third-order valence-corrected chi connectivity index (χ3v) is 4.72. The van der Waals surface area contributed by atoms with Crippen molar-refractivity contribution < 1.29 is 18.6 Å². The molecule has 1 fully saturated rings. The van der Waals surface area contributed by atoms with Crippen LogP contribution in [-0.4, -0.2) is 55.3 Å². The van der Waals surface area contributed by atoms with Crippen molar-refractivity contribution in [2.24, 2.45) is 4.99 Å². The molecule has 2 N–H and O–H groups in total. The van der Waals surface area contributed by atoms with Gasteiger partial charge in [0.25, 0.3) is 0 Å². The minimum Gasteiger partial charge on any atom is -0.506 e. The van der Waals surface area contributed by atoms with Gasteiger partial charge in [0.2, 0.25) is 0 Å². The molecule has 0 aliphatic carbocycles. The zero-order valence-electron chi connectivity index (χ0n) is 16.8. The smallest absolute Gasteiger partial charge is 0.387 e. The maximum absolute atomic E-state index is 12.6. The Hall–Kier alpha value is -2.30. The second-order valence-electron chi connectivity index (χ2n) is 6.62. The van der Waals surface area contributed by atoms with Crippen molar-refractivity contribution in [1.29, 1.82) is 0 Å². The van der Waals surface area contributed by atoms with Gasteiger partial charge in [-0.3, -0.25) is 0 Å². The summed E-state index contributed by atoms with van der Waals surface area (Å²) < 4.78 is 29.8. The maximum atomic E-state index is 12.6. The first-order valence-electron chi connectivity index (χ1n) is 9.67. The summed E-state index contributed by atoms with van der Waals surface area (Å²) in [6, 6.07) is 14.0.